The molecule has 216 valence electrons. The van der Waals surface area contributed by atoms with Crippen molar-refractivity contribution < 1.29 is 28.6 Å². The van der Waals surface area contributed by atoms with Crippen LogP contribution in [0.3, 0.4) is 0 Å². The number of nitrogens with two attached hydrogens (primary N) is 1. The summed E-state index contributed by atoms with van der Waals surface area (Å²) in [6.07, 6.45) is 2.77. The van der Waals surface area contributed by atoms with Crippen molar-refractivity contribution in [1.82, 2.24) is 19.6 Å². The van der Waals surface area contributed by atoms with Crippen LogP contribution in [0.2, 0.25) is 0 Å². The van der Waals surface area contributed by atoms with E-state index in [-0.39, 0.29) is 24.0 Å². The normalized spacial score (nSPS) is 25.3. The van der Waals surface area contributed by atoms with Gasteiger partial charge in [-0.2, -0.15) is 0 Å². The number of carbonyl (C=O) groups is 3. The average Bonchev–Trinajstić information content (AvgIpc) is 3.20. The summed E-state index contributed by atoms with van der Waals surface area (Å²) in [5.41, 5.74) is 5.24. The Morgan fingerprint density at radius 1 is 1.11 bits per heavy atom. The van der Waals surface area contributed by atoms with Gasteiger partial charge in [-0.25, -0.2) is 9.59 Å². The number of ether oxygens (including phenoxy) is 3. The Morgan fingerprint density at radius 3 is 2.42 bits per heavy atom. The molecule has 3 unspecified atom stereocenters. The van der Waals surface area contributed by atoms with Gasteiger partial charge < -0.3 is 29.7 Å². The van der Waals surface area contributed by atoms with Gasteiger partial charge in [0.1, 0.15) is 17.5 Å². The maximum atomic E-state index is 12.6. The molecule has 0 spiro atoms. The van der Waals surface area contributed by atoms with E-state index in [1.165, 1.54) is 7.11 Å². The van der Waals surface area contributed by atoms with Crippen LogP contribution >= 0.6 is 0 Å². The Balaban J connectivity index is 1.36. The van der Waals surface area contributed by atoms with Gasteiger partial charge in [0.15, 0.2) is 0 Å². The molecule has 38 heavy (non-hydrogen) atoms. The molecule has 3 fully saturated rings. The minimum Gasteiger partial charge on any atom is -0.469 e. The van der Waals surface area contributed by atoms with Gasteiger partial charge in [-0.3, -0.25) is 20.0 Å². The van der Waals surface area contributed by atoms with Crippen LogP contribution in [0.5, 0.6) is 0 Å². The standard InChI is InChI=1S/C26H46N6O6/c1-26(2,3)38-25(35)32-11-7-19(16-21(32)23(27)28)6-5-9-31-18-20(37-24(31)34)17-30-14-12-29(13-15-30)10-8-22(33)36-4/h19-21H,5-18H2,1-4H3,(H3,27,28). The van der Waals surface area contributed by atoms with Crippen molar-refractivity contribution >= 4 is 24.0 Å². The minimum atomic E-state index is -0.600. The summed E-state index contributed by atoms with van der Waals surface area (Å²) >= 11 is 0. The van der Waals surface area contributed by atoms with Crippen LogP contribution in [0.4, 0.5) is 9.59 Å². The first-order valence-electron chi connectivity index (χ1n) is 13.8. The largest absolute Gasteiger partial charge is 0.469 e. The minimum absolute atomic E-state index is 0.0178. The molecule has 3 rings (SSSR count). The van der Waals surface area contributed by atoms with Crippen LogP contribution in [0.1, 0.15) is 52.9 Å². The number of nitrogens with one attached hydrogen (secondary N) is 1. The number of nitrogens with zero attached hydrogens (tertiary/aromatic N) is 4. The molecule has 0 radical (unpaired) electrons. The monoisotopic (exact) mass is 538 g/mol. The Morgan fingerprint density at radius 2 is 1.79 bits per heavy atom. The lowest BCUT2D eigenvalue weighted by Gasteiger charge is -2.39. The van der Waals surface area contributed by atoms with E-state index in [1.807, 2.05) is 20.8 Å². The molecule has 3 saturated heterocycles. The van der Waals surface area contributed by atoms with Gasteiger partial charge in [0, 0.05) is 52.4 Å². The number of piperidine rings is 1. The van der Waals surface area contributed by atoms with Crippen LogP contribution < -0.4 is 5.73 Å². The van der Waals surface area contributed by atoms with Crippen molar-refractivity contribution in [2.24, 2.45) is 11.7 Å². The van der Waals surface area contributed by atoms with Gasteiger partial charge in [0.25, 0.3) is 0 Å². The van der Waals surface area contributed by atoms with E-state index in [0.717, 1.165) is 52.0 Å². The van der Waals surface area contributed by atoms with E-state index in [0.29, 0.717) is 44.9 Å². The maximum Gasteiger partial charge on any atom is 0.410 e. The third-order valence-corrected chi connectivity index (χ3v) is 7.47. The van der Waals surface area contributed by atoms with E-state index < -0.39 is 17.7 Å². The summed E-state index contributed by atoms with van der Waals surface area (Å²) in [4.78, 5) is 44.3. The zero-order valence-corrected chi connectivity index (χ0v) is 23.4. The van der Waals surface area contributed by atoms with Crippen LogP contribution in [-0.2, 0) is 19.0 Å². The number of amidine groups is 1. The Kier molecular flexibility index (Phi) is 10.6. The molecular weight excluding hydrogens is 492 g/mol. The van der Waals surface area contributed by atoms with E-state index in [9.17, 15) is 14.4 Å². The zero-order valence-electron chi connectivity index (χ0n) is 23.4. The SMILES string of the molecule is COC(=O)CCN1CCN(CC2CN(CCCC3CCN(C(=O)OC(C)(C)C)C(C(=N)N)C3)C(=O)O2)CC1. The summed E-state index contributed by atoms with van der Waals surface area (Å²) in [7, 11) is 1.41. The number of hydrogen-bond donors (Lipinski definition) is 2. The topological polar surface area (TPSA) is 142 Å². The molecule has 12 nitrogen and oxygen atoms in total. The van der Waals surface area contributed by atoms with Gasteiger partial charge in [0.05, 0.1) is 26.1 Å². The van der Waals surface area contributed by atoms with Crippen molar-refractivity contribution in [3.05, 3.63) is 0 Å². The third kappa shape index (κ3) is 9.00. The molecule has 3 heterocycles. The molecule has 0 aromatic carbocycles. The number of esters is 1. The molecule has 0 bridgehead atoms. The predicted molar refractivity (Wildman–Crippen MR) is 142 cm³/mol. The number of carbonyl (C=O) groups excluding carboxylic acids is 3. The molecule has 0 aliphatic carbocycles. The second-order valence-corrected chi connectivity index (χ2v) is 11.6. The smallest absolute Gasteiger partial charge is 0.410 e. The van der Waals surface area contributed by atoms with E-state index in [1.54, 1.807) is 9.80 Å². The van der Waals surface area contributed by atoms with Crippen molar-refractivity contribution in [1.29, 1.82) is 5.41 Å². The molecule has 0 aromatic heterocycles. The van der Waals surface area contributed by atoms with Gasteiger partial charge in [0.2, 0.25) is 0 Å². The molecule has 0 aromatic rings. The Labute approximate surface area is 226 Å². The lowest BCUT2D eigenvalue weighted by Crippen LogP contribution is -2.53. The fourth-order valence-electron chi connectivity index (χ4n) is 5.39. The number of hydrogen-bond acceptors (Lipinski definition) is 9. The molecule has 3 aliphatic heterocycles. The van der Waals surface area contributed by atoms with Crippen LogP contribution in [0.15, 0.2) is 0 Å². The number of rotatable bonds is 10. The highest BCUT2D eigenvalue weighted by Gasteiger charge is 2.37. The first kappa shape index (κ1) is 29.9. The third-order valence-electron chi connectivity index (χ3n) is 7.47. The highest BCUT2D eigenvalue weighted by Crippen LogP contribution is 2.28. The van der Waals surface area contributed by atoms with E-state index in [2.05, 4.69) is 9.80 Å². The molecule has 3 atom stereocenters. The van der Waals surface area contributed by atoms with Gasteiger partial charge in [-0.15, -0.1) is 0 Å². The first-order valence-corrected chi connectivity index (χ1v) is 13.8. The molecule has 12 heteroatoms. The van der Waals surface area contributed by atoms with Gasteiger partial charge in [-0.1, -0.05) is 0 Å². The second-order valence-electron chi connectivity index (χ2n) is 11.6. The quantitative estimate of drug-likeness (QED) is 0.184. The maximum absolute atomic E-state index is 12.6. The number of amides is 2. The van der Waals surface area contributed by atoms with Crippen molar-refractivity contribution in [2.75, 3.05) is 66.0 Å². The number of piperazine rings is 1. The summed E-state index contributed by atoms with van der Waals surface area (Å²) in [6, 6.07) is -0.453. The Hall–Kier alpha value is -2.60. The predicted octanol–water partition coefficient (Wildman–Crippen LogP) is 1.72. The van der Waals surface area contributed by atoms with E-state index in [4.69, 9.17) is 25.4 Å². The van der Waals surface area contributed by atoms with Crippen LogP contribution in [0, 0.1) is 11.3 Å². The summed E-state index contributed by atoms with van der Waals surface area (Å²) in [6.45, 7) is 12.2. The highest BCUT2D eigenvalue weighted by molar-refractivity contribution is 5.86. The fourth-order valence-corrected chi connectivity index (χ4v) is 5.39. The summed E-state index contributed by atoms with van der Waals surface area (Å²) in [5.74, 6) is 0.124. The first-order chi connectivity index (χ1) is 17.9. The van der Waals surface area contributed by atoms with Gasteiger partial charge >= 0.3 is 18.2 Å². The second kappa shape index (κ2) is 13.5. The van der Waals surface area contributed by atoms with Crippen LogP contribution in [0.25, 0.3) is 0 Å². The van der Waals surface area contributed by atoms with Crippen LogP contribution in [-0.4, -0.2) is 127 Å². The molecule has 3 N–H and O–H groups in total. The number of likely N-dealkylation sites (tertiary alicyclic amines) is 1. The lowest BCUT2D eigenvalue weighted by molar-refractivity contribution is -0.141. The highest BCUT2D eigenvalue weighted by atomic mass is 16.6. The lowest BCUT2D eigenvalue weighted by atomic mass is 9.87. The summed E-state index contributed by atoms with van der Waals surface area (Å²) < 4.78 is 15.9. The fraction of sp³-hybridized carbons (Fsp3) is 0.846. The Bertz CT molecular complexity index is 841. The van der Waals surface area contributed by atoms with E-state index >= 15 is 0 Å². The zero-order chi connectivity index (χ0) is 27.9. The van der Waals surface area contributed by atoms with Crippen molar-refractivity contribution in [2.45, 2.75) is 70.6 Å². The summed E-state index contributed by atoms with van der Waals surface area (Å²) in [5, 5.41) is 7.99. The number of cyclic esters (lactones) is 1. The van der Waals surface area contributed by atoms with Crippen molar-refractivity contribution in [3.8, 4) is 0 Å². The molecule has 0 saturated carbocycles. The average molecular weight is 539 g/mol. The number of methoxy groups -OCH3 is 1. The van der Waals surface area contributed by atoms with Gasteiger partial charge in [-0.05, 0) is 52.4 Å². The van der Waals surface area contributed by atoms with Crippen molar-refractivity contribution in [3.63, 3.8) is 0 Å². The molecular formula is C26H46N6O6. The molecule has 3 aliphatic rings. The molecule has 2 amide bonds.